The Kier molecular flexibility index (Phi) is 6.78. The summed E-state index contributed by atoms with van der Waals surface area (Å²) in [4.78, 5) is 6.30. The number of hydrogen-bond donors (Lipinski definition) is 1. The van der Waals surface area contributed by atoms with Crippen molar-refractivity contribution in [1.29, 1.82) is 0 Å². The van der Waals surface area contributed by atoms with E-state index in [0.717, 1.165) is 11.4 Å². The summed E-state index contributed by atoms with van der Waals surface area (Å²) in [5.74, 6) is 0.444. The van der Waals surface area contributed by atoms with Gasteiger partial charge in [0.1, 0.15) is 11.6 Å². The molecule has 0 atom stereocenters. The molecule has 0 spiro atoms. The third-order valence-corrected chi connectivity index (χ3v) is 2.93. The van der Waals surface area contributed by atoms with E-state index in [1.165, 1.54) is 12.3 Å². The number of anilines is 1. The molecule has 0 saturated carbocycles. The maximum atomic E-state index is 13.5. The van der Waals surface area contributed by atoms with Crippen LogP contribution >= 0.6 is 0 Å². The standard InChI is InChI=1S/C16H26FN3O/c1-6-7-20(8-9-21-5)15-13(10-14(17)12-18-15)11-19-16(2,3)4/h6,10,12,19H,1,7-9,11H2,2-5H3. The lowest BCUT2D eigenvalue weighted by atomic mass is 10.1. The summed E-state index contributed by atoms with van der Waals surface area (Å²) in [5, 5.41) is 3.37. The van der Waals surface area contributed by atoms with Crippen LogP contribution in [0.15, 0.2) is 24.9 Å². The van der Waals surface area contributed by atoms with Crippen LogP contribution in [0.1, 0.15) is 26.3 Å². The Morgan fingerprint density at radius 2 is 2.19 bits per heavy atom. The Hall–Kier alpha value is -1.46. The zero-order chi connectivity index (χ0) is 15.9. The molecule has 118 valence electrons. The molecule has 1 heterocycles. The molecule has 1 aromatic heterocycles. The second-order valence-corrected chi connectivity index (χ2v) is 5.97. The van der Waals surface area contributed by atoms with Crippen molar-refractivity contribution >= 4 is 5.82 Å². The van der Waals surface area contributed by atoms with E-state index >= 15 is 0 Å². The number of nitrogens with zero attached hydrogens (tertiary/aromatic N) is 2. The Balaban J connectivity index is 2.99. The lowest BCUT2D eigenvalue weighted by Crippen LogP contribution is -2.36. The second kappa shape index (κ2) is 8.10. The number of halogens is 1. The van der Waals surface area contributed by atoms with Gasteiger partial charge in [0, 0.05) is 37.8 Å². The molecule has 0 saturated heterocycles. The van der Waals surface area contributed by atoms with Crippen LogP contribution in [0.3, 0.4) is 0 Å². The van der Waals surface area contributed by atoms with Crippen LogP contribution in [0.4, 0.5) is 10.2 Å². The van der Waals surface area contributed by atoms with Gasteiger partial charge in [-0.15, -0.1) is 6.58 Å². The first-order chi connectivity index (χ1) is 9.87. The summed E-state index contributed by atoms with van der Waals surface area (Å²) in [7, 11) is 1.66. The van der Waals surface area contributed by atoms with E-state index in [2.05, 4.69) is 37.7 Å². The highest BCUT2D eigenvalue weighted by Crippen LogP contribution is 2.19. The molecule has 0 radical (unpaired) electrons. The van der Waals surface area contributed by atoms with Gasteiger partial charge in [0.2, 0.25) is 0 Å². The fraction of sp³-hybridized carbons (Fsp3) is 0.562. The molecule has 21 heavy (non-hydrogen) atoms. The molecule has 0 aliphatic carbocycles. The maximum Gasteiger partial charge on any atom is 0.141 e. The lowest BCUT2D eigenvalue weighted by Gasteiger charge is -2.26. The molecule has 0 unspecified atom stereocenters. The van der Waals surface area contributed by atoms with Crippen molar-refractivity contribution in [3.8, 4) is 0 Å². The summed E-state index contributed by atoms with van der Waals surface area (Å²) < 4.78 is 18.6. The van der Waals surface area contributed by atoms with Gasteiger partial charge in [-0.25, -0.2) is 9.37 Å². The Morgan fingerprint density at radius 1 is 1.48 bits per heavy atom. The molecule has 1 aromatic rings. The highest BCUT2D eigenvalue weighted by Gasteiger charge is 2.15. The number of rotatable bonds is 8. The fourth-order valence-corrected chi connectivity index (χ4v) is 1.89. The molecule has 1 N–H and O–H groups in total. The highest BCUT2D eigenvalue weighted by atomic mass is 19.1. The number of nitrogens with one attached hydrogen (secondary N) is 1. The first kappa shape index (κ1) is 17.6. The first-order valence-corrected chi connectivity index (χ1v) is 7.11. The Labute approximate surface area is 127 Å². The zero-order valence-corrected chi connectivity index (χ0v) is 13.4. The van der Waals surface area contributed by atoms with E-state index in [4.69, 9.17) is 4.74 Å². The minimum Gasteiger partial charge on any atom is -0.383 e. The SMILES string of the molecule is C=CCN(CCOC)c1ncc(F)cc1CNC(C)(C)C. The summed E-state index contributed by atoms with van der Waals surface area (Å²) in [5.41, 5.74) is 0.794. The Bertz CT molecular complexity index is 457. The van der Waals surface area contributed by atoms with E-state index in [9.17, 15) is 4.39 Å². The van der Waals surface area contributed by atoms with E-state index < -0.39 is 0 Å². The number of pyridine rings is 1. The molecular weight excluding hydrogens is 269 g/mol. The summed E-state index contributed by atoms with van der Waals surface area (Å²) >= 11 is 0. The predicted molar refractivity (Wildman–Crippen MR) is 85.1 cm³/mol. The molecule has 4 nitrogen and oxygen atoms in total. The molecule has 0 bridgehead atoms. The third-order valence-electron chi connectivity index (χ3n) is 2.93. The number of methoxy groups -OCH3 is 1. The van der Waals surface area contributed by atoms with Crippen molar-refractivity contribution in [3.05, 3.63) is 36.3 Å². The van der Waals surface area contributed by atoms with Gasteiger partial charge in [0.05, 0.1) is 12.8 Å². The lowest BCUT2D eigenvalue weighted by molar-refractivity contribution is 0.205. The van der Waals surface area contributed by atoms with Crippen LogP contribution in [0.5, 0.6) is 0 Å². The van der Waals surface area contributed by atoms with Gasteiger partial charge in [-0.3, -0.25) is 0 Å². The van der Waals surface area contributed by atoms with Gasteiger partial charge < -0.3 is 15.0 Å². The molecule has 0 aliphatic heterocycles. The van der Waals surface area contributed by atoms with Gasteiger partial charge in [-0.05, 0) is 26.8 Å². The highest BCUT2D eigenvalue weighted by molar-refractivity contribution is 5.47. The summed E-state index contributed by atoms with van der Waals surface area (Å²) in [6, 6.07) is 1.53. The average molecular weight is 295 g/mol. The second-order valence-electron chi connectivity index (χ2n) is 5.97. The van der Waals surface area contributed by atoms with Crippen LogP contribution < -0.4 is 10.2 Å². The summed E-state index contributed by atoms with van der Waals surface area (Å²) in [6.45, 7) is 12.5. The van der Waals surface area contributed by atoms with Crippen LogP contribution in [-0.4, -0.2) is 37.3 Å². The monoisotopic (exact) mass is 295 g/mol. The fourth-order valence-electron chi connectivity index (χ4n) is 1.89. The van der Waals surface area contributed by atoms with E-state index in [-0.39, 0.29) is 11.4 Å². The maximum absolute atomic E-state index is 13.5. The molecule has 5 heteroatoms. The van der Waals surface area contributed by atoms with Gasteiger partial charge >= 0.3 is 0 Å². The zero-order valence-electron chi connectivity index (χ0n) is 13.4. The van der Waals surface area contributed by atoms with Crippen molar-refractivity contribution in [3.63, 3.8) is 0 Å². The van der Waals surface area contributed by atoms with Gasteiger partial charge in [-0.2, -0.15) is 0 Å². The third kappa shape index (κ3) is 6.23. The van der Waals surface area contributed by atoms with E-state index in [1.54, 1.807) is 7.11 Å². The molecular formula is C16H26FN3O. The molecule has 1 rings (SSSR count). The number of aromatic nitrogens is 1. The van der Waals surface area contributed by atoms with Crippen molar-refractivity contribution in [2.24, 2.45) is 0 Å². The molecule has 0 amide bonds. The van der Waals surface area contributed by atoms with Crippen molar-refractivity contribution in [1.82, 2.24) is 10.3 Å². The van der Waals surface area contributed by atoms with Crippen molar-refractivity contribution < 1.29 is 9.13 Å². The first-order valence-electron chi connectivity index (χ1n) is 7.11. The predicted octanol–water partition coefficient (Wildman–Crippen LogP) is 2.75. The molecule has 0 aromatic carbocycles. The average Bonchev–Trinajstić information content (AvgIpc) is 2.41. The van der Waals surface area contributed by atoms with Crippen molar-refractivity contribution in [2.45, 2.75) is 32.9 Å². The number of hydrogen-bond acceptors (Lipinski definition) is 4. The molecule has 0 fully saturated rings. The van der Waals surface area contributed by atoms with Crippen LogP contribution in [-0.2, 0) is 11.3 Å². The van der Waals surface area contributed by atoms with Gasteiger partial charge in [-0.1, -0.05) is 6.08 Å². The Morgan fingerprint density at radius 3 is 2.76 bits per heavy atom. The normalized spacial score (nSPS) is 11.5. The van der Waals surface area contributed by atoms with Crippen LogP contribution in [0.2, 0.25) is 0 Å². The smallest absolute Gasteiger partial charge is 0.141 e. The van der Waals surface area contributed by atoms with Crippen LogP contribution in [0, 0.1) is 5.82 Å². The quantitative estimate of drug-likeness (QED) is 0.748. The number of ether oxygens (including phenoxy) is 1. The topological polar surface area (TPSA) is 37.4 Å². The van der Waals surface area contributed by atoms with Crippen LogP contribution in [0.25, 0.3) is 0 Å². The summed E-state index contributed by atoms with van der Waals surface area (Å²) in [6.07, 6.45) is 3.06. The minimum absolute atomic E-state index is 0.0423. The van der Waals surface area contributed by atoms with Gasteiger partial charge in [0.25, 0.3) is 0 Å². The van der Waals surface area contributed by atoms with E-state index in [1.807, 2.05) is 11.0 Å². The van der Waals surface area contributed by atoms with E-state index in [0.29, 0.717) is 26.2 Å². The largest absolute Gasteiger partial charge is 0.383 e. The minimum atomic E-state index is -0.324. The van der Waals surface area contributed by atoms with Crippen molar-refractivity contribution in [2.75, 3.05) is 31.7 Å². The van der Waals surface area contributed by atoms with Gasteiger partial charge in [0.15, 0.2) is 0 Å². The molecule has 0 aliphatic rings.